The van der Waals surface area contributed by atoms with Crippen molar-refractivity contribution >= 4 is 28.8 Å². The largest absolute Gasteiger partial charge is 0.369 e. The van der Waals surface area contributed by atoms with Crippen molar-refractivity contribution < 1.29 is 4.79 Å². The van der Waals surface area contributed by atoms with Gasteiger partial charge in [-0.3, -0.25) is 9.69 Å². The van der Waals surface area contributed by atoms with Crippen LogP contribution in [0, 0.1) is 0 Å². The van der Waals surface area contributed by atoms with E-state index in [1.165, 1.54) is 0 Å². The highest BCUT2D eigenvalue weighted by atomic mass is 35.5. The summed E-state index contributed by atoms with van der Waals surface area (Å²) in [5.41, 5.74) is 6.08. The average molecular weight is 262 g/mol. The van der Waals surface area contributed by atoms with E-state index in [0.717, 1.165) is 17.2 Å². The summed E-state index contributed by atoms with van der Waals surface area (Å²) in [6, 6.07) is 0.0967. The molecule has 4 nitrogen and oxygen atoms in total. The van der Waals surface area contributed by atoms with Gasteiger partial charge in [-0.2, -0.15) is 0 Å². The van der Waals surface area contributed by atoms with Gasteiger partial charge in [0.25, 0.3) is 0 Å². The molecule has 16 heavy (non-hydrogen) atoms. The molecule has 6 heteroatoms. The zero-order valence-corrected chi connectivity index (χ0v) is 11.0. The fourth-order valence-electron chi connectivity index (χ4n) is 1.45. The molecule has 0 bridgehead atoms. The number of primary amides is 1. The molecule has 0 radical (unpaired) electrons. The van der Waals surface area contributed by atoms with E-state index in [9.17, 15) is 4.79 Å². The minimum Gasteiger partial charge on any atom is -0.369 e. The van der Waals surface area contributed by atoms with Crippen molar-refractivity contribution in [3.05, 3.63) is 16.1 Å². The molecule has 90 valence electrons. The molecule has 1 rings (SSSR count). The van der Waals surface area contributed by atoms with Crippen LogP contribution in [-0.2, 0) is 10.7 Å². The number of alkyl halides is 1. The molecular weight excluding hydrogens is 246 g/mol. The molecule has 1 aromatic rings. The van der Waals surface area contributed by atoms with Crippen molar-refractivity contribution in [1.82, 2.24) is 9.88 Å². The molecule has 2 N–H and O–H groups in total. The number of amides is 1. The number of carbonyl (C=O) groups is 1. The van der Waals surface area contributed by atoms with Crippen LogP contribution in [0.15, 0.2) is 5.38 Å². The van der Waals surface area contributed by atoms with Crippen molar-refractivity contribution in [2.24, 2.45) is 5.73 Å². The van der Waals surface area contributed by atoms with Crippen LogP contribution in [0.25, 0.3) is 0 Å². The van der Waals surface area contributed by atoms with E-state index in [2.05, 4.69) is 4.98 Å². The highest BCUT2D eigenvalue weighted by Crippen LogP contribution is 2.23. The number of halogens is 1. The van der Waals surface area contributed by atoms with Crippen LogP contribution in [0.5, 0.6) is 0 Å². The average Bonchev–Trinajstić information content (AvgIpc) is 2.73. The lowest BCUT2D eigenvalue weighted by molar-refractivity contribution is -0.119. The molecule has 1 heterocycles. The molecule has 1 atom stereocenters. The van der Waals surface area contributed by atoms with Gasteiger partial charge in [-0.25, -0.2) is 4.98 Å². The number of likely N-dealkylation sites (N-methyl/N-ethyl adjacent to an activating group) is 1. The Balaban J connectivity index is 2.73. The zero-order valence-electron chi connectivity index (χ0n) is 9.44. The predicted octanol–water partition coefficient (Wildman–Crippen LogP) is 1.75. The summed E-state index contributed by atoms with van der Waals surface area (Å²) < 4.78 is 0. The standard InChI is InChI=1S/C10H16ClN3OS/c1-3-14(5-9(12)15)7(2)10-13-8(4-11)6-16-10/h6-7H,3-5H2,1-2H3,(H2,12,15). The summed E-state index contributed by atoms with van der Waals surface area (Å²) in [4.78, 5) is 17.3. The van der Waals surface area contributed by atoms with E-state index in [1.54, 1.807) is 11.3 Å². The van der Waals surface area contributed by atoms with Crippen LogP contribution in [0.2, 0.25) is 0 Å². The number of rotatable bonds is 6. The summed E-state index contributed by atoms with van der Waals surface area (Å²) in [7, 11) is 0. The van der Waals surface area contributed by atoms with E-state index in [-0.39, 0.29) is 18.5 Å². The first-order chi connectivity index (χ1) is 7.58. The van der Waals surface area contributed by atoms with Gasteiger partial charge in [-0.05, 0) is 13.5 Å². The Bertz CT molecular complexity index is 356. The summed E-state index contributed by atoms with van der Waals surface area (Å²) >= 11 is 7.26. The molecule has 0 aromatic carbocycles. The van der Waals surface area contributed by atoms with Crippen LogP contribution in [-0.4, -0.2) is 28.9 Å². The Hall–Kier alpha value is -0.650. The number of thiazole rings is 1. The first-order valence-electron chi connectivity index (χ1n) is 5.11. The second kappa shape index (κ2) is 6.18. The minimum atomic E-state index is -0.317. The molecule has 0 aliphatic rings. The van der Waals surface area contributed by atoms with E-state index in [4.69, 9.17) is 17.3 Å². The maximum Gasteiger partial charge on any atom is 0.231 e. The number of aromatic nitrogens is 1. The maximum absolute atomic E-state index is 10.9. The van der Waals surface area contributed by atoms with Gasteiger partial charge in [0, 0.05) is 5.38 Å². The topological polar surface area (TPSA) is 59.2 Å². The highest BCUT2D eigenvalue weighted by Gasteiger charge is 2.18. The second-order valence-corrected chi connectivity index (χ2v) is 4.67. The Morgan fingerprint density at radius 1 is 1.75 bits per heavy atom. The molecule has 0 aliphatic heterocycles. The van der Waals surface area contributed by atoms with Crippen LogP contribution in [0.1, 0.15) is 30.6 Å². The quantitative estimate of drug-likeness (QED) is 0.794. The summed E-state index contributed by atoms with van der Waals surface area (Å²) in [5, 5.41) is 2.91. The number of hydrogen-bond acceptors (Lipinski definition) is 4. The highest BCUT2D eigenvalue weighted by molar-refractivity contribution is 7.09. The molecule has 1 amide bonds. The first-order valence-corrected chi connectivity index (χ1v) is 6.52. The second-order valence-electron chi connectivity index (χ2n) is 3.52. The van der Waals surface area contributed by atoms with Gasteiger partial charge in [-0.1, -0.05) is 6.92 Å². The summed E-state index contributed by atoms with van der Waals surface area (Å²) in [5.74, 6) is 0.105. The minimum absolute atomic E-state index is 0.0967. The normalized spacial score (nSPS) is 13.0. The lowest BCUT2D eigenvalue weighted by atomic mass is 10.3. The Morgan fingerprint density at radius 2 is 2.44 bits per heavy atom. The number of nitrogens with two attached hydrogens (primary N) is 1. The lowest BCUT2D eigenvalue weighted by Gasteiger charge is -2.24. The van der Waals surface area contributed by atoms with Crippen molar-refractivity contribution in [2.75, 3.05) is 13.1 Å². The van der Waals surface area contributed by atoms with Crippen molar-refractivity contribution in [2.45, 2.75) is 25.8 Å². The smallest absolute Gasteiger partial charge is 0.231 e. The van der Waals surface area contributed by atoms with E-state index in [0.29, 0.717) is 5.88 Å². The van der Waals surface area contributed by atoms with Crippen LogP contribution < -0.4 is 5.73 Å². The molecule has 0 aliphatic carbocycles. The van der Waals surface area contributed by atoms with Gasteiger partial charge in [0.05, 0.1) is 24.2 Å². The van der Waals surface area contributed by atoms with Gasteiger partial charge in [0.15, 0.2) is 0 Å². The monoisotopic (exact) mass is 261 g/mol. The third kappa shape index (κ3) is 3.43. The van der Waals surface area contributed by atoms with E-state index < -0.39 is 0 Å². The molecular formula is C10H16ClN3OS. The summed E-state index contributed by atoms with van der Waals surface area (Å²) in [6.45, 7) is 5.03. The Kier molecular flexibility index (Phi) is 5.18. The van der Waals surface area contributed by atoms with Crippen LogP contribution in [0.4, 0.5) is 0 Å². The van der Waals surface area contributed by atoms with Gasteiger partial charge in [0.2, 0.25) is 5.91 Å². The first kappa shape index (κ1) is 13.4. The fraction of sp³-hybridized carbons (Fsp3) is 0.600. The van der Waals surface area contributed by atoms with Crippen LogP contribution >= 0.6 is 22.9 Å². The van der Waals surface area contributed by atoms with Gasteiger partial charge in [-0.15, -0.1) is 22.9 Å². The molecule has 1 aromatic heterocycles. The number of nitrogens with zero attached hydrogens (tertiary/aromatic N) is 2. The molecule has 1 unspecified atom stereocenters. The van der Waals surface area contributed by atoms with Gasteiger partial charge >= 0.3 is 0 Å². The Morgan fingerprint density at radius 3 is 2.88 bits per heavy atom. The zero-order chi connectivity index (χ0) is 12.1. The molecule has 0 spiro atoms. The Labute approximate surface area is 104 Å². The third-order valence-electron chi connectivity index (χ3n) is 2.38. The van der Waals surface area contributed by atoms with Crippen LogP contribution in [0.3, 0.4) is 0 Å². The number of hydrogen-bond donors (Lipinski definition) is 1. The molecule has 0 saturated heterocycles. The number of carbonyl (C=O) groups excluding carboxylic acids is 1. The predicted molar refractivity (Wildman–Crippen MR) is 66.5 cm³/mol. The van der Waals surface area contributed by atoms with E-state index in [1.807, 2.05) is 24.1 Å². The fourth-order valence-corrected chi connectivity index (χ4v) is 2.59. The van der Waals surface area contributed by atoms with Crippen molar-refractivity contribution in [1.29, 1.82) is 0 Å². The van der Waals surface area contributed by atoms with Gasteiger partial charge in [0.1, 0.15) is 5.01 Å². The SMILES string of the molecule is CCN(CC(N)=O)C(C)c1nc(CCl)cs1. The van der Waals surface area contributed by atoms with E-state index >= 15 is 0 Å². The molecule has 0 fully saturated rings. The maximum atomic E-state index is 10.9. The lowest BCUT2D eigenvalue weighted by Crippen LogP contribution is -2.35. The van der Waals surface area contributed by atoms with Crippen molar-refractivity contribution in [3.63, 3.8) is 0 Å². The summed E-state index contributed by atoms with van der Waals surface area (Å²) in [6.07, 6.45) is 0. The van der Waals surface area contributed by atoms with Crippen molar-refractivity contribution in [3.8, 4) is 0 Å². The third-order valence-corrected chi connectivity index (χ3v) is 3.71. The van der Waals surface area contributed by atoms with Gasteiger partial charge < -0.3 is 5.73 Å². The molecule has 0 saturated carbocycles.